The van der Waals surface area contributed by atoms with E-state index in [0.717, 1.165) is 6.42 Å². The van der Waals surface area contributed by atoms with Gasteiger partial charge in [-0.2, -0.15) is 0 Å². The molecule has 2 rings (SSSR count). The van der Waals surface area contributed by atoms with Crippen LogP contribution in [0.5, 0.6) is 0 Å². The molecule has 2 aliphatic rings. The van der Waals surface area contributed by atoms with Gasteiger partial charge in [-0.1, -0.05) is 0 Å². The molecular weight excluding hydrogens is 130 g/mol. The lowest BCUT2D eigenvalue weighted by Gasteiger charge is -2.08. The number of nitrogens with one attached hydrogen (secondary N) is 1. The van der Waals surface area contributed by atoms with Gasteiger partial charge in [0.05, 0.1) is 6.61 Å². The van der Waals surface area contributed by atoms with Crippen molar-refractivity contribution in [3.05, 3.63) is 0 Å². The lowest BCUT2D eigenvalue weighted by atomic mass is 10.2. The molecule has 0 amide bonds. The van der Waals surface area contributed by atoms with E-state index in [4.69, 9.17) is 9.84 Å². The SMILES string of the molecule is OCCNC12CCCC1O2. The third kappa shape index (κ3) is 0.856. The van der Waals surface area contributed by atoms with Crippen molar-refractivity contribution >= 4 is 0 Å². The standard InChI is InChI=1S/C7H13NO2/c9-5-4-8-7-3-1-2-6(7)10-7/h6,8-9H,1-5H2. The summed E-state index contributed by atoms with van der Waals surface area (Å²) in [7, 11) is 0. The van der Waals surface area contributed by atoms with Gasteiger partial charge >= 0.3 is 0 Å². The molecule has 2 fully saturated rings. The third-order valence-electron chi connectivity index (χ3n) is 2.37. The van der Waals surface area contributed by atoms with Crippen molar-refractivity contribution in [1.82, 2.24) is 5.32 Å². The average molecular weight is 143 g/mol. The zero-order chi connectivity index (χ0) is 7.03. The van der Waals surface area contributed by atoms with Crippen molar-refractivity contribution in [2.75, 3.05) is 13.2 Å². The van der Waals surface area contributed by atoms with Crippen LogP contribution in [0, 0.1) is 0 Å². The summed E-state index contributed by atoms with van der Waals surface area (Å²) in [5, 5.41) is 11.8. The maximum atomic E-state index is 8.54. The summed E-state index contributed by atoms with van der Waals surface area (Å²) < 4.78 is 5.42. The van der Waals surface area contributed by atoms with Crippen molar-refractivity contribution in [2.24, 2.45) is 0 Å². The summed E-state index contributed by atoms with van der Waals surface area (Å²) in [4.78, 5) is 0. The van der Waals surface area contributed by atoms with Gasteiger partial charge in [0.2, 0.25) is 0 Å². The van der Waals surface area contributed by atoms with Gasteiger partial charge in [0.1, 0.15) is 11.8 Å². The van der Waals surface area contributed by atoms with Crippen LogP contribution in [-0.4, -0.2) is 30.1 Å². The second-order valence-corrected chi connectivity index (χ2v) is 3.04. The Morgan fingerprint density at radius 1 is 1.70 bits per heavy atom. The Bertz CT molecular complexity index is 140. The number of aliphatic hydroxyl groups is 1. The molecule has 1 saturated heterocycles. The number of hydrogen-bond donors (Lipinski definition) is 2. The maximum absolute atomic E-state index is 8.54. The van der Waals surface area contributed by atoms with Crippen molar-refractivity contribution < 1.29 is 9.84 Å². The molecule has 1 aliphatic carbocycles. The first-order valence-corrected chi connectivity index (χ1v) is 3.91. The Hall–Kier alpha value is -0.120. The third-order valence-corrected chi connectivity index (χ3v) is 2.37. The first kappa shape index (κ1) is 6.58. The van der Waals surface area contributed by atoms with Crippen molar-refractivity contribution in [1.29, 1.82) is 0 Å². The van der Waals surface area contributed by atoms with Crippen LogP contribution in [-0.2, 0) is 4.74 Å². The van der Waals surface area contributed by atoms with Gasteiger partial charge in [-0.05, 0) is 19.3 Å². The molecule has 0 bridgehead atoms. The minimum atomic E-state index is 0.00271. The molecule has 3 heteroatoms. The van der Waals surface area contributed by atoms with Gasteiger partial charge in [-0.15, -0.1) is 0 Å². The van der Waals surface area contributed by atoms with Crippen LogP contribution in [0.15, 0.2) is 0 Å². The van der Waals surface area contributed by atoms with E-state index >= 15 is 0 Å². The van der Waals surface area contributed by atoms with Gasteiger partial charge in [-0.25, -0.2) is 0 Å². The van der Waals surface area contributed by atoms with Crippen LogP contribution < -0.4 is 5.32 Å². The molecule has 10 heavy (non-hydrogen) atoms. The predicted molar refractivity (Wildman–Crippen MR) is 36.5 cm³/mol. The summed E-state index contributed by atoms with van der Waals surface area (Å²) in [5.74, 6) is 0. The molecule has 2 atom stereocenters. The van der Waals surface area contributed by atoms with E-state index in [1.54, 1.807) is 0 Å². The van der Waals surface area contributed by atoms with Gasteiger partial charge in [0, 0.05) is 6.54 Å². The van der Waals surface area contributed by atoms with Crippen molar-refractivity contribution in [3.63, 3.8) is 0 Å². The minimum Gasteiger partial charge on any atom is -0.395 e. The maximum Gasteiger partial charge on any atom is 0.146 e. The van der Waals surface area contributed by atoms with Crippen LogP contribution in [0.1, 0.15) is 19.3 Å². The fraction of sp³-hybridized carbons (Fsp3) is 1.00. The molecule has 2 unspecified atom stereocenters. The molecule has 0 spiro atoms. The molecule has 1 aliphatic heterocycles. The largest absolute Gasteiger partial charge is 0.395 e. The predicted octanol–water partition coefficient (Wildman–Crippen LogP) is -0.153. The summed E-state index contributed by atoms with van der Waals surface area (Å²) in [5.41, 5.74) is 0.00271. The average Bonchev–Trinajstić information content (AvgIpc) is 2.51. The first-order chi connectivity index (χ1) is 4.87. The smallest absolute Gasteiger partial charge is 0.146 e. The highest BCUT2D eigenvalue weighted by molar-refractivity contribution is 5.05. The second-order valence-electron chi connectivity index (χ2n) is 3.04. The molecular formula is C7H13NO2. The van der Waals surface area contributed by atoms with E-state index in [1.165, 1.54) is 12.8 Å². The zero-order valence-corrected chi connectivity index (χ0v) is 5.97. The molecule has 3 nitrogen and oxygen atoms in total. The summed E-state index contributed by atoms with van der Waals surface area (Å²) in [6.45, 7) is 0.869. The van der Waals surface area contributed by atoms with Gasteiger partial charge in [0.25, 0.3) is 0 Å². The summed E-state index contributed by atoms with van der Waals surface area (Å²) >= 11 is 0. The summed E-state index contributed by atoms with van der Waals surface area (Å²) in [6.07, 6.45) is 4.04. The lowest BCUT2D eigenvalue weighted by Crippen LogP contribution is -2.34. The minimum absolute atomic E-state index is 0.00271. The van der Waals surface area contributed by atoms with E-state index in [1.807, 2.05) is 0 Å². The van der Waals surface area contributed by atoms with Crippen LogP contribution in [0.25, 0.3) is 0 Å². The highest BCUT2D eigenvalue weighted by Crippen LogP contribution is 2.47. The highest BCUT2D eigenvalue weighted by atomic mass is 16.6. The molecule has 0 radical (unpaired) electrons. The molecule has 1 heterocycles. The fourth-order valence-corrected chi connectivity index (χ4v) is 1.79. The van der Waals surface area contributed by atoms with Crippen LogP contribution in [0.3, 0.4) is 0 Å². The van der Waals surface area contributed by atoms with Gasteiger partial charge in [0.15, 0.2) is 0 Å². The number of rotatable bonds is 3. The van der Waals surface area contributed by atoms with E-state index in [0.29, 0.717) is 12.6 Å². The molecule has 0 aromatic carbocycles. The molecule has 0 aromatic heterocycles. The number of ether oxygens (including phenoxy) is 1. The van der Waals surface area contributed by atoms with E-state index in [-0.39, 0.29) is 12.3 Å². The van der Waals surface area contributed by atoms with Crippen LogP contribution in [0.2, 0.25) is 0 Å². The number of hydrogen-bond acceptors (Lipinski definition) is 3. The van der Waals surface area contributed by atoms with E-state index in [9.17, 15) is 0 Å². The Kier molecular flexibility index (Phi) is 1.44. The number of epoxide rings is 1. The fourth-order valence-electron chi connectivity index (χ4n) is 1.79. The van der Waals surface area contributed by atoms with Gasteiger partial charge in [-0.3, -0.25) is 5.32 Å². The van der Waals surface area contributed by atoms with Crippen molar-refractivity contribution in [2.45, 2.75) is 31.1 Å². The monoisotopic (exact) mass is 143 g/mol. The molecule has 58 valence electrons. The molecule has 2 N–H and O–H groups in total. The quantitative estimate of drug-likeness (QED) is 0.540. The molecule has 1 saturated carbocycles. The first-order valence-electron chi connectivity index (χ1n) is 3.91. The number of aliphatic hydroxyl groups excluding tert-OH is 1. The second kappa shape index (κ2) is 2.19. The highest BCUT2D eigenvalue weighted by Gasteiger charge is 2.58. The Morgan fingerprint density at radius 3 is 3.10 bits per heavy atom. The van der Waals surface area contributed by atoms with Crippen molar-refractivity contribution in [3.8, 4) is 0 Å². The van der Waals surface area contributed by atoms with Crippen LogP contribution >= 0.6 is 0 Å². The van der Waals surface area contributed by atoms with E-state index < -0.39 is 0 Å². The van der Waals surface area contributed by atoms with Crippen LogP contribution in [0.4, 0.5) is 0 Å². The normalized spacial score (nSPS) is 43.5. The number of fused-ring (bicyclic) bond motifs is 1. The topological polar surface area (TPSA) is 44.8 Å². The zero-order valence-electron chi connectivity index (χ0n) is 5.97. The Balaban J connectivity index is 1.82. The molecule has 0 aromatic rings. The summed E-state index contributed by atoms with van der Waals surface area (Å²) in [6, 6.07) is 0. The lowest BCUT2D eigenvalue weighted by molar-refractivity contribution is 0.199. The Labute approximate surface area is 60.4 Å². The van der Waals surface area contributed by atoms with E-state index in [2.05, 4.69) is 5.32 Å². The Morgan fingerprint density at radius 2 is 2.60 bits per heavy atom. The van der Waals surface area contributed by atoms with Gasteiger partial charge < -0.3 is 9.84 Å².